The lowest BCUT2D eigenvalue weighted by atomic mass is 10.1. The van der Waals surface area contributed by atoms with Gasteiger partial charge in [-0.05, 0) is 67.3 Å². The van der Waals surface area contributed by atoms with Crippen molar-refractivity contribution in [3.05, 3.63) is 93.6 Å². The summed E-state index contributed by atoms with van der Waals surface area (Å²) >= 11 is 0. The summed E-state index contributed by atoms with van der Waals surface area (Å²) in [5, 5.41) is 2.72. The van der Waals surface area contributed by atoms with Gasteiger partial charge in [-0.1, -0.05) is 24.3 Å². The summed E-state index contributed by atoms with van der Waals surface area (Å²) in [4.78, 5) is 12.9. The van der Waals surface area contributed by atoms with Crippen LogP contribution in [0.2, 0.25) is 0 Å². The highest BCUT2D eigenvalue weighted by Crippen LogP contribution is 2.29. The Bertz CT molecular complexity index is 1070. The van der Waals surface area contributed by atoms with Crippen LogP contribution in [0.4, 0.5) is 17.6 Å². The molecule has 7 heteroatoms. The number of carbonyl (C=O) groups excluding carboxylic acids is 1. The predicted molar refractivity (Wildman–Crippen MR) is 107 cm³/mol. The van der Waals surface area contributed by atoms with E-state index in [1.54, 1.807) is 12.1 Å². The minimum Gasteiger partial charge on any atom is -0.347 e. The highest BCUT2D eigenvalue weighted by molar-refractivity contribution is 5.95. The van der Waals surface area contributed by atoms with Crippen molar-refractivity contribution in [1.29, 1.82) is 0 Å². The molecule has 0 saturated heterocycles. The second kappa shape index (κ2) is 8.34. The van der Waals surface area contributed by atoms with Crippen molar-refractivity contribution in [3.63, 3.8) is 0 Å². The molecule has 0 aliphatic carbocycles. The van der Waals surface area contributed by atoms with Crippen molar-refractivity contribution < 1.29 is 22.4 Å². The fourth-order valence-electron chi connectivity index (χ4n) is 3.41. The fraction of sp³-hybridized carbons (Fsp3) is 0.261. The van der Waals surface area contributed by atoms with Gasteiger partial charge in [0.25, 0.3) is 5.91 Å². The molecule has 1 heterocycles. The summed E-state index contributed by atoms with van der Waals surface area (Å²) in [6, 6.07) is 10.9. The molecule has 30 heavy (non-hydrogen) atoms. The van der Waals surface area contributed by atoms with Crippen LogP contribution in [0, 0.1) is 26.6 Å². The van der Waals surface area contributed by atoms with Gasteiger partial charge in [-0.15, -0.1) is 0 Å². The number of nitrogens with zero attached hydrogens (tertiary/aromatic N) is 1. The van der Waals surface area contributed by atoms with Crippen molar-refractivity contribution >= 4 is 5.91 Å². The number of nitrogens with one attached hydrogen (secondary N) is 1. The Morgan fingerprint density at radius 2 is 1.63 bits per heavy atom. The van der Waals surface area contributed by atoms with E-state index in [0.717, 1.165) is 34.5 Å². The van der Waals surface area contributed by atoms with Crippen molar-refractivity contribution in [2.75, 3.05) is 0 Å². The third kappa shape index (κ3) is 4.56. The van der Waals surface area contributed by atoms with Crippen LogP contribution in [-0.2, 0) is 19.3 Å². The summed E-state index contributed by atoms with van der Waals surface area (Å²) in [6.45, 7) is 6.00. The summed E-state index contributed by atoms with van der Waals surface area (Å²) in [5.41, 5.74) is 3.55. The summed E-state index contributed by atoms with van der Waals surface area (Å²) in [7, 11) is 0. The normalized spacial score (nSPS) is 11.6. The second-order valence-electron chi connectivity index (χ2n) is 7.28. The van der Waals surface area contributed by atoms with E-state index in [0.29, 0.717) is 17.8 Å². The van der Waals surface area contributed by atoms with Gasteiger partial charge in [-0.25, -0.2) is 4.39 Å². The number of hydrogen-bond donors (Lipinski definition) is 1. The number of aromatic nitrogens is 1. The van der Waals surface area contributed by atoms with Gasteiger partial charge in [0.1, 0.15) is 11.5 Å². The molecular formula is C23H22F4N2O. The van der Waals surface area contributed by atoms with E-state index >= 15 is 0 Å². The predicted octanol–water partition coefficient (Wildman–Crippen LogP) is 5.55. The zero-order valence-corrected chi connectivity index (χ0v) is 16.9. The van der Waals surface area contributed by atoms with E-state index in [1.807, 2.05) is 25.3 Å². The molecule has 3 aromatic rings. The van der Waals surface area contributed by atoms with Crippen LogP contribution in [-0.4, -0.2) is 10.5 Å². The SMILES string of the molecule is Cc1c(C)c(C(=O)NCc2cccc(C(F)(F)F)c2)n(Cc2ccc(F)cc2)c1C. The smallest absolute Gasteiger partial charge is 0.347 e. The van der Waals surface area contributed by atoms with Crippen molar-refractivity contribution in [2.45, 2.75) is 40.0 Å². The maximum Gasteiger partial charge on any atom is 0.416 e. The van der Waals surface area contributed by atoms with Gasteiger partial charge in [-0.3, -0.25) is 4.79 Å². The molecule has 1 N–H and O–H groups in total. The zero-order chi connectivity index (χ0) is 22.1. The van der Waals surface area contributed by atoms with Crippen molar-refractivity contribution in [3.8, 4) is 0 Å². The first-order chi connectivity index (χ1) is 14.1. The largest absolute Gasteiger partial charge is 0.416 e. The molecule has 0 unspecified atom stereocenters. The molecular weight excluding hydrogens is 396 g/mol. The zero-order valence-electron chi connectivity index (χ0n) is 16.9. The number of amides is 1. The average molecular weight is 418 g/mol. The van der Waals surface area contributed by atoms with Gasteiger partial charge in [0.15, 0.2) is 0 Å². The first-order valence-electron chi connectivity index (χ1n) is 9.43. The highest BCUT2D eigenvalue weighted by Gasteiger charge is 2.30. The van der Waals surface area contributed by atoms with E-state index in [1.165, 1.54) is 24.3 Å². The number of hydrogen-bond acceptors (Lipinski definition) is 1. The topological polar surface area (TPSA) is 34.0 Å². The van der Waals surface area contributed by atoms with Crippen LogP contribution in [0.15, 0.2) is 48.5 Å². The number of halogens is 4. The van der Waals surface area contributed by atoms with Gasteiger partial charge in [0.05, 0.1) is 5.56 Å². The van der Waals surface area contributed by atoms with E-state index in [-0.39, 0.29) is 18.3 Å². The van der Waals surface area contributed by atoms with E-state index in [2.05, 4.69) is 5.32 Å². The van der Waals surface area contributed by atoms with Crippen LogP contribution in [0.5, 0.6) is 0 Å². The van der Waals surface area contributed by atoms with Gasteiger partial charge >= 0.3 is 6.18 Å². The molecule has 3 nitrogen and oxygen atoms in total. The highest BCUT2D eigenvalue weighted by atomic mass is 19.4. The van der Waals surface area contributed by atoms with E-state index in [9.17, 15) is 22.4 Å². The molecule has 3 rings (SSSR count). The van der Waals surface area contributed by atoms with Crippen molar-refractivity contribution in [1.82, 2.24) is 9.88 Å². The van der Waals surface area contributed by atoms with Gasteiger partial charge in [-0.2, -0.15) is 13.2 Å². The van der Waals surface area contributed by atoms with Crippen LogP contribution < -0.4 is 5.32 Å². The van der Waals surface area contributed by atoms with Crippen LogP contribution in [0.25, 0.3) is 0 Å². The molecule has 1 aromatic heterocycles. The Labute approximate surface area is 172 Å². The maximum absolute atomic E-state index is 13.2. The van der Waals surface area contributed by atoms with E-state index < -0.39 is 11.7 Å². The number of rotatable bonds is 5. The maximum atomic E-state index is 13.2. The Morgan fingerprint density at radius 1 is 0.967 bits per heavy atom. The average Bonchev–Trinajstić information content (AvgIpc) is 2.91. The second-order valence-corrected chi connectivity index (χ2v) is 7.28. The third-order valence-corrected chi connectivity index (χ3v) is 5.31. The summed E-state index contributed by atoms with van der Waals surface area (Å²) < 4.78 is 53.8. The monoisotopic (exact) mass is 418 g/mol. The lowest BCUT2D eigenvalue weighted by Gasteiger charge is -2.14. The number of alkyl halides is 3. The summed E-state index contributed by atoms with van der Waals surface area (Å²) in [5.74, 6) is -0.711. The number of benzene rings is 2. The minimum absolute atomic E-state index is 0.0258. The molecule has 0 bridgehead atoms. The standard InChI is InChI=1S/C23H22F4N2O/c1-14-15(2)21(29(16(14)3)13-17-7-9-20(24)10-8-17)22(30)28-12-18-5-4-6-19(11-18)23(25,26)27/h4-11H,12-13H2,1-3H3,(H,28,30). The minimum atomic E-state index is -4.44. The molecule has 0 saturated carbocycles. The molecule has 0 fully saturated rings. The Morgan fingerprint density at radius 3 is 2.27 bits per heavy atom. The number of carbonyl (C=O) groups is 1. The van der Waals surface area contributed by atoms with Crippen LogP contribution in [0.3, 0.4) is 0 Å². The third-order valence-electron chi connectivity index (χ3n) is 5.31. The molecule has 0 radical (unpaired) electrons. The molecule has 1 amide bonds. The van der Waals surface area contributed by atoms with Gasteiger partial charge < -0.3 is 9.88 Å². The van der Waals surface area contributed by atoms with Gasteiger partial charge in [0, 0.05) is 18.8 Å². The van der Waals surface area contributed by atoms with Crippen LogP contribution >= 0.6 is 0 Å². The lowest BCUT2D eigenvalue weighted by Crippen LogP contribution is -2.27. The molecule has 2 aromatic carbocycles. The lowest BCUT2D eigenvalue weighted by molar-refractivity contribution is -0.137. The quantitative estimate of drug-likeness (QED) is 0.542. The first-order valence-corrected chi connectivity index (χ1v) is 9.43. The Hall–Kier alpha value is -3.09. The molecule has 0 aliphatic rings. The Balaban J connectivity index is 1.84. The Kier molecular flexibility index (Phi) is 6.01. The first kappa shape index (κ1) is 21.6. The van der Waals surface area contributed by atoms with Gasteiger partial charge in [0.2, 0.25) is 0 Å². The fourth-order valence-corrected chi connectivity index (χ4v) is 3.41. The van der Waals surface area contributed by atoms with Crippen molar-refractivity contribution in [2.24, 2.45) is 0 Å². The molecule has 0 atom stereocenters. The van der Waals surface area contributed by atoms with Crippen LogP contribution in [0.1, 0.15) is 44.0 Å². The molecule has 158 valence electrons. The van der Waals surface area contributed by atoms with E-state index in [4.69, 9.17) is 0 Å². The summed E-state index contributed by atoms with van der Waals surface area (Å²) in [6.07, 6.45) is -4.44. The molecule has 0 spiro atoms. The molecule has 0 aliphatic heterocycles.